The van der Waals surface area contributed by atoms with Gasteiger partial charge in [-0.25, -0.2) is 4.39 Å². The molecule has 1 aromatic rings. The lowest BCUT2D eigenvalue weighted by atomic mass is 9.93. The number of hydrogen-bond donors (Lipinski definition) is 1. The number of hydrogen-bond acceptors (Lipinski definition) is 1. The Balaban J connectivity index is 2.31. The van der Waals surface area contributed by atoms with Crippen molar-refractivity contribution in [3.05, 3.63) is 35.1 Å². The third-order valence-electron chi connectivity index (χ3n) is 3.30. The summed E-state index contributed by atoms with van der Waals surface area (Å²) in [6.45, 7) is 0. The Hall–Kier alpha value is -1.10. The van der Waals surface area contributed by atoms with Crippen molar-refractivity contribution in [3.8, 4) is 0 Å². The third-order valence-corrected chi connectivity index (χ3v) is 3.30. The maximum atomic E-state index is 13.4. The quantitative estimate of drug-likeness (QED) is 0.756. The summed E-state index contributed by atoms with van der Waals surface area (Å²) < 4.78 is 50.5. The van der Waals surface area contributed by atoms with Gasteiger partial charge >= 0.3 is 6.18 Å². The van der Waals surface area contributed by atoms with Crippen LogP contribution in [0.4, 0.5) is 17.6 Å². The largest absolute Gasteiger partial charge is 0.419 e. The Bertz CT molecular complexity index is 413. The van der Waals surface area contributed by atoms with Crippen LogP contribution in [-0.4, -0.2) is 6.04 Å². The van der Waals surface area contributed by atoms with Crippen LogP contribution in [0.15, 0.2) is 18.2 Å². The summed E-state index contributed by atoms with van der Waals surface area (Å²) in [5.74, 6) is -1.24. The van der Waals surface area contributed by atoms with Gasteiger partial charge in [-0.15, -0.1) is 0 Å². The molecule has 0 aromatic heterocycles. The molecule has 0 saturated heterocycles. The Morgan fingerprint density at radius 2 is 1.88 bits per heavy atom. The Labute approximate surface area is 96.6 Å². The molecule has 2 N–H and O–H groups in total. The van der Waals surface area contributed by atoms with Crippen LogP contribution in [0.25, 0.3) is 0 Å². The summed E-state index contributed by atoms with van der Waals surface area (Å²) in [7, 11) is 0. The number of alkyl halides is 3. The first-order chi connectivity index (χ1) is 7.89. The van der Waals surface area contributed by atoms with Crippen LogP contribution in [0.1, 0.15) is 36.3 Å². The summed E-state index contributed by atoms with van der Waals surface area (Å²) in [4.78, 5) is 0. The molecule has 0 radical (unpaired) electrons. The van der Waals surface area contributed by atoms with E-state index in [-0.39, 0.29) is 12.0 Å². The van der Waals surface area contributed by atoms with Crippen LogP contribution in [-0.2, 0) is 6.18 Å². The average molecular weight is 247 g/mol. The van der Waals surface area contributed by atoms with Crippen LogP contribution in [0.3, 0.4) is 0 Å². The molecule has 0 amide bonds. The zero-order valence-electron chi connectivity index (χ0n) is 9.10. The van der Waals surface area contributed by atoms with Gasteiger partial charge in [0.1, 0.15) is 5.82 Å². The van der Waals surface area contributed by atoms with E-state index in [1.807, 2.05) is 0 Å². The van der Waals surface area contributed by atoms with Crippen LogP contribution in [0, 0.1) is 5.82 Å². The van der Waals surface area contributed by atoms with E-state index in [0.29, 0.717) is 5.56 Å². The van der Waals surface area contributed by atoms with Gasteiger partial charge in [0.15, 0.2) is 0 Å². The van der Waals surface area contributed by atoms with E-state index in [4.69, 9.17) is 5.73 Å². The Morgan fingerprint density at radius 1 is 1.18 bits per heavy atom. The second-order valence-corrected chi connectivity index (χ2v) is 4.44. The fraction of sp³-hybridized carbons (Fsp3) is 0.500. The van der Waals surface area contributed by atoms with Crippen LogP contribution < -0.4 is 5.73 Å². The highest BCUT2D eigenvalue weighted by Gasteiger charge is 2.35. The first kappa shape index (κ1) is 12.4. The Morgan fingerprint density at radius 3 is 2.35 bits per heavy atom. The standard InChI is InChI=1S/C12H13F4N/c13-10-6-7(8-2-1-3-11(8)17)4-5-9(10)12(14,15)16/h4-6,8,11H,1-3,17H2. The molecule has 1 aliphatic carbocycles. The number of halogens is 4. The van der Waals surface area contributed by atoms with E-state index >= 15 is 0 Å². The molecule has 0 heterocycles. The SMILES string of the molecule is NC1CCCC1c1ccc(C(F)(F)F)c(F)c1. The Kier molecular flexibility index (Phi) is 3.12. The molecule has 2 unspecified atom stereocenters. The van der Waals surface area contributed by atoms with Gasteiger partial charge in [-0.05, 0) is 36.5 Å². The van der Waals surface area contributed by atoms with Gasteiger partial charge in [0.05, 0.1) is 5.56 Å². The lowest BCUT2D eigenvalue weighted by Crippen LogP contribution is -2.23. The van der Waals surface area contributed by atoms with Crippen molar-refractivity contribution >= 4 is 0 Å². The van der Waals surface area contributed by atoms with Gasteiger partial charge in [-0.1, -0.05) is 12.5 Å². The van der Waals surface area contributed by atoms with Crippen molar-refractivity contribution < 1.29 is 17.6 Å². The molecule has 1 aliphatic rings. The van der Waals surface area contributed by atoms with E-state index in [0.717, 1.165) is 31.4 Å². The lowest BCUT2D eigenvalue weighted by molar-refractivity contribution is -0.140. The number of benzene rings is 1. The van der Waals surface area contributed by atoms with E-state index in [9.17, 15) is 17.6 Å². The third kappa shape index (κ3) is 2.44. The molecule has 94 valence electrons. The van der Waals surface area contributed by atoms with Crippen LogP contribution in [0.5, 0.6) is 0 Å². The van der Waals surface area contributed by atoms with E-state index < -0.39 is 17.6 Å². The minimum atomic E-state index is -4.64. The molecular weight excluding hydrogens is 234 g/mol. The van der Waals surface area contributed by atoms with Crippen molar-refractivity contribution in [2.45, 2.75) is 37.4 Å². The normalized spacial score (nSPS) is 25.2. The molecule has 1 nitrogen and oxygen atoms in total. The van der Waals surface area contributed by atoms with Crippen molar-refractivity contribution in [3.63, 3.8) is 0 Å². The molecular formula is C12H13F4N. The molecule has 2 rings (SSSR count). The van der Waals surface area contributed by atoms with Crippen molar-refractivity contribution in [1.82, 2.24) is 0 Å². The molecule has 0 bridgehead atoms. The van der Waals surface area contributed by atoms with Gasteiger partial charge in [-0.2, -0.15) is 13.2 Å². The zero-order chi connectivity index (χ0) is 12.6. The molecule has 0 spiro atoms. The molecule has 17 heavy (non-hydrogen) atoms. The fourth-order valence-corrected chi connectivity index (χ4v) is 2.39. The van der Waals surface area contributed by atoms with E-state index in [2.05, 4.69) is 0 Å². The van der Waals surface area contributed by atoms with Crippen molar-refractivity contribution in [1.29, 1.82) is 0 Å². The topological polar surface area (TPSA) is 26.0 Å². The highest BCUT2D eigenvalue weighted by molar-refractivity contribution is 5.30. The summed E-state index contributed by atoms with van der Waals surface area (Å²) in [5, 5.41) is 0. The summed E-state index contributed by atoms with van der Waals surface area (Å²) in [6, 6.07) is 3.03. The van der Waals surface area contributed by atoms with Crippen LogP contribution in [0.2, 0.25) is 0 Å². The lowest BCUT2D eigenvalue weighted by Gasteiger charge is -2.17. The average Bonchev–Trinajstić information content (AvgIpc) is 2.62. The van der Waals surface area contributed by atoms with Gasteiger partial charge < -0.3 is 5.73 Å². The summed E-state index contributed by atoms with van der Waals surface area (Å²) in [6.07, 6.45) is -2.05. The minimum Gasteiger partial charge on any atom is -0.327 e. The smallest absolute Gasteiger partial charge is 0.327 e. The maximum absolute atomic E-state index is 13.4. The molecule has 1 fully saturated rings. The van der Waals surface area contributed by atoms with Crippen molar-refractivity contribution in [2.75, 3.05) is 0 Å². The number of rotatable bonds is 1. The van der Waals surface area contributed by atoms with Gasteiger partial charge in [0.2, 0.25) is 0 Å². The first-order valence-electron chi connectivity index (χ1n) is 5.52. The van der Waals surface area contributed by atoms with E-state index in [1.54, 1.807) is 0 Å². The molecule has 0 aliphatic heterocycles. The maximum Gasteiger partial charge on any atom is 0.419 e. The predicted molar refractivity (Wildman–Crippen MR) is 56.0 cm³/mol. The molecule has 1 saturated carbocycles. The zero-order valence-corrected chi connectivity index (χ0v) is 9.10. The predicted octanol–water partition coefficient (Wildman–Crippen LogP) is 3.44. The van der Waals surface area contributed by atoms with Gasteiger partial charge in [0, 0.05) is 6.04 Å². The summed E-state index contributed by atoms with van der Waals surface area (Å²) >= 11 is 0. The van der Waals surface area contributed by atoms with Gasteiger partial charge in [0.25, 0.3) is 0 Å². The molecule has 2 atom stereocenters. The number of nitrogens with two attached hydrogens (primary N) is 1. The highest BCUT2D eigenvalue weighted by atomic mass is 19.4. The summed E-state index contributed by atoms with van der Waals surface area (Å²) in [5.41, 5.74) is 5.20. The highest BCUT2D eigenvalue weighted by Crippen LogP contribution is 2.37. The second kappa shape index (κ2) is 4.29. The molecule has 1 aromatic carbocycles. The van der Waals surface area contributed by atoms with Crippen LogP contribution >= 0.6 is 0 Å². The molecule has 5 heteroatoms. The second-order valence-electron chi connectivity index (χ2n) is 4.44. The minimum absolute atomic E-state index is 0.0215. The first-order valence-corrected chi connectivity index (χ1v) is 5.52. The monoisotopic (exact) mass is 247 g/mol. The van der Waals surface area contributed by atoms with Gasteiger partial charge in [-0.3, -0.25) is 0 Å². The van der Waals surface area contributed by atoms with Crippen molar-refractivity contribution in [2.24, 2.45) is 5.73 Å². The fourth-order valence-electron chi connectivity index (χ4n) is 2.39. The van der Waals surface area contributed by atoms with E-state index in [1.165, 1.54) is 6.07 Å².